The van der Waals surface area contributed by atoms with Gasteiger partial charge >= 0.3 is 5.97 Å². The van der Waals surface area contributed by atoms with Crippen molar-refractivity contribution in [1.82, 2.24) is 9.80 Å². The molecule has 0 aromatic heterocycles. The Kier molecular flexibility index (Phi) is 5.98. The van der Waals surface area contributed by atoms with Gasteiger partial charge in [0, 0.05) is 19.5 Å². The number of carbonyl (C=O) groups is 3. The molecule has 1 fully saturated rings. The summed E-state index contributed by atoms with van der Waals surface area (Å²) in [6.07, 6.45) is 2.06. The van der Waals surface area contributed by atoms with Crippen molar-refractivity contribution < 1.29 is 19.5 Å². The van der Waals surface area contributed by atoms with Crippen LogP contribution in [-0.2, 0) is 9.59 Å². The molecule has 1 saturated heterocycles. The Balaban J connectivity index is 2.73. The van der Waals surface area contributed by atoms with Gasteiger partial charge in [0.1, 0.15) is 0 Å². The Hall–Kier alpha value is -1.34. The fraction of sp³-hybridized carbons (Fsp3) is 0.643. The minimum atomic E-state index is -0.926. The van der Waals surface area contributed by atoms with Gasteiger partial charge in [0.05, 0.1) is 4.91 Å². The Bertz CT molecular complexity index is 472. The predicted molar refractivity (Wildman–Crippen MR) is 82.0 cm³/mol. The van der Waals surface area contributed by atoms with Gasteiger partial charge in [0.15, 0.2) is 0 Å². The molecule has 118 valence electrons. The average molecular weight is 314 g/mol. The fourth-order valence-corrected chi connectivity index (χ4v) is 3.34. The summed E-state index contributed by atoms with van der Waals surface area (Å²) in [6, 6.07) is 0. The Labute approximate surface area is 129 Å². The second-order valence-corrected chi connectivity index (χ2v) is 7.05. The number of carboxylic acids is 1. The van der Waals surface area contributed by atoms with Crippen molar-refractivity contribution in [3.63, 3.8) is 0 Å². The van der Waals surface area contributed by atoms with Crippen molar-refractivity contribution in [3.8, 4) is 0 Å². The van der Waals surface area contributed by atoms with Crippen molar-refractivity contribution in [2.75, 3.05) is 27.2 Å². The number of carboxylic acid groups (broad SMARTS) is 1. The molecule has 1 aliphatic rings. The van der Waals surface area contributed by atoms with Crippen molar-refractivity contribution >= 4 is 28.9 Å². The zero-order valence-electron chi connectivity index (χ0n) is 12.9. The summed E-state index contributed by atoms with van der Waals surface area (Å²) in [5, 5.41) is 8.28. The molecule has 0 atom stereocenters. The van der Waals surface area contributed by atoms with Gasteiger partial charge in [-0.15, -0.1) is 0 Å². The topological polar surface area (TPSA) is 77.9 Å². The fourth-order valence-electron chi connectivity index (χ4n) is 2.30. The first kappa shape index (κ1) is 17.7. The summed E-state index contributed by atoms with van der Waals surface area (Å²) in [5.74, 6) is -1.24. The molecule has 0 aliphatic carbocycles. The molecule has 7 heteroatoms. The molecule has 1 aliphatic heterocycles. The van der Waals surface area contributed by atoms with E-state index in [9.17, 15) is 14.4 Å². The Morgan fingerprint density at radius 1 is 1.38 bits per heavy atom. The van der Waals surface area contributed by atoms with E-state index in [1.54, 1.807) is 0 Å². The van der Waals surface area contributed by atoms with Crippen LogP contribution in [0.2, 0.25) is 0 Å². The zero-order valence-corrected chi connectivity index (χ0v) is 13.7. The Morgan fingerprint density at radius 3 is 2.52 bits per heavy atom. The molecule has 1 rings (SSSR count). The molecule has 21 heavy (non-hydrogen) atoms. The van der Waals surface area contributed by atoms with E-state index in [0.717, 1.165) is 23.2 Å². The molecule has 0 radical (unpaired) electrons. The van der Waals surface area contributed by atoms with E-state index in [4.69, 9.17) is 5.11 Å². The second-order valence-electron chi connectivity index (χ2n) is 6.06. The van der Waals surface area contributed by atoms with Gasteiger partial charge in [-0.05, 0) is 37.7 Å². The molecular formula is C14H22N2O4S. The maximum atomic E-state index is 12.2. The number of aliphatic carboxylic acids is 1. The van der Waals surface area contributed by atoms with E-state index in [0.29, 0.717) is 4.91 Å². The van der Waals surface area contributed by atoms with E-state index in [1.165, 1.54) is 0 Å². The third-order valence-corrected chi connectivity index (χ3v) is 3.80. The molecule has 0 bridgehead atoms. The number of hydrogen-bond donors (Lipinski definition) is 1. The van der Waals surface area contributed by atoms with E-state index in [-0.39, 0.29) is 35.9 Å². The maximum absolute atomic E-state index is 12.2. The minimum Gasteiger partial charge on any atom is -0.481 e. The molecule has 6 nitrogen and oxygen atoms in total. The highest BCUT2D eigenvalue weighted by molar-refractivity contribution is 8.18. The number of nitrogens with zero attached hydrogens (tertiary/aromatic N) is 2. The number of thioether (sulfide) groups is 1. The summed E-state index contributed by atoms with van der Waals surface area (Å²) in [6.45, 7) is 4.93. The lowest BCUT2D eigenvalue weighted by Crippen LogP contribution is -2.30. The highest BCUT2D eigenvalue weighted by Crippen LogP contribution is 2.34. The molecule has 1 N–H and O–H groups in total. The molecular weight excluding hydrogens is 292 g/mol. The van der Waals surface area contributed by atoms with Gasteiger partial charge in [-0.25, -0.2) is 0 Å². The zero-order chi connectivity index (χ0) is 16.2. The first-order valence-electron chi connectivity index (χ1n) is 6.75. The third-order valence-electron chi connectivity index (χ3n) is 2.89. The highest BCUT2D eigenvalue weighted by atomic mass is 32.2. The second kappa shape index (κ2) is 7.09. The van der Waals surface area contributed by atoms with Crippen LogP contribution in [0.4, 0.5) is 4.79 Å². The van der Waals surface area contributed by atoms with Crippen LogP contribution in [0.15, 0.2) is 11.0 Å². The van der Waals surface area contributed by atoms with Crippen LogP contribution in [0.1, 0.15) is 26.7 Å². The van der Waals surface area contributed by atoms with Gasteiger partial charge in [-0.3, -0.25) is 19.3 Å². The number of rotatable bonds is 7. The van der Waals surface area contributed by atoms with E-state index < -0.39 is 5.97 Å². The van der Waals surface area contributed by atoms with Crippen molar-refractivity contribution in [3.05, 3.63) is 11.0 Å². The maximum Gasteiger partial charge on any atom is 0.303 e. The number of carbonyl (C=O) groups excluding carboxylic acids is 2. The molecule has 0 saturated carbocycles. The molecule has 2 amide bonds. The quantitative estimate of drug-likeness (QED) is 0.724. The van der Waals surface area contributed by atoms with Gasteiger partial charge in [-0.2, -0.15) is 0 Å². The number of hydrogen-bond acceptors (Lipinski definition) is 5. The van der Waals surface area contributed by atoms with Gasteiger partial charge in [-0.1, -0.05) is 19.9 Å². The predicted octanol–water partition coefficient (Wildman–Crippen LogP) is 2.02. The molecule has 0 unspecified atom stereocenters. The van der Waals surface area contributed by atoms with Crippen molar-refractivity contribution in [2.45, 2.75) is 26.7 Å². The van der Waals surface area contributed by atoms with Gasteiger partial charge in [0.25, 0.3) is 11.1 Å². The van der Waals surface area contributed by atoms with E-state index >= 15 is 0 Å². The van der Waals surface area contributed by atoms with Crippen LogP contribution < -0.4 is 0 Å². The van der Waals surface area contributed by atoms with Crippen LogP contribution in [0.5, 0.6) is 0 Å². The third kappa shape index (κ3) is 5.51. The highest BCUT2D eigenvalue weighted by Gasteiger charge is 2.36. The standard InChI is InChI=1S/C14H22N2O4S/c1-14(2,9-15(3)4)8-10-12(19)16(13(20)21-10)7-5-6-11(17)18/h8H,5-7,9H2,1-4H3,(H,17,18). The first-order valence-corrected chi connectivity index (χ1v) is 7.57. The largest absolute Gasteiger partial charge is 0.481 e. The normalized spacial score (nSPS) is 18.1. The van der Waals surface area contributed by atoms with Crippen LogP contribution in [0, 0.1) is 5.41 Å². The van der Waals surface area contributed by atoms with E-state index in [2.05, 4.69) is 0 Å². The lowest BCUT2D eigenvalue weighted by atomic mass is 9.92. The monoisotopic (exact) mass is 314 g/mol. The van der Waals surface area contributed by atoms with Crippen molar-refractivity contribution in [1.29, 1.82) is 0 Å². The van der Waals surface area contributed by atoms with Crippen LogP contribution >= 0.6 is 11.8 Å². The first-order chi connectivity index (χ1) is 9.62. The number of amides is 2. The van der Waals surface area contributed by atoms with Crippen LogP contribution in [0.25, 0.3) is 0 Å². The van der Waals surface area contributed by atoms with Crippen molar-refractivity contribution in [2.24, 2.45) is 5.41 Å². The lowest BCUT2D eigenvalue weighted by molar-refractivity contribution is -0.137. The summed E-state index contributed by atoms with van der Waals surface area (Å²) < 4.78 is 0. The Morgan fingerprint density at radius 2 is 2.00 bits per heavy atom. The minimum absolute atomic E-state index is 0.0487. The van der Waals surface area contributed by atoms with E-state index in [1.807, 2.05) is 38.9 Å². The lowest BCUT2D eigenvalue weighted by Gasteiger charge is -2.25. The van der Waals surface area contributed by atoms with Gasteiger partial charge in [0.2, 0.25) is 0 Å². The SMILES string of the molecule is CN(C)CC(C)(C)C=C1SC(=O)N(CCCC(=O)O)C1=O. The summed E-state index contributed by atoms with van der Waals surface area (Å²) in [4.78, 5) is 38.1. The van der Waals surface area contributed by atoms with Gasteiger partial charge < -0.3 is 10.0 Å². The molecule has 0 aromatic carbocycles. The molecule has 0 aromatic rings. The summed E-state index contributed by atoms with van der Waals surface area (Å²) in [5.41, 5.74) is -0.223. The summed E-state index contributed by atoms with van der Waals surface area (Å²) in [7, 11) is 3.90. The molecule has 1 heterocycles. The average Bonchev–Trinajstić information content (AvgIpc) is 2.53. The number of imide groups is 1. The van der Waals surface area contributed by atoms with Crippen LogP contribution in [-0.4, -0.2) is 59.2 Å². The van der Waals surface area contributed by atoms with Crippen LogP contribution in [0.3, 0.4) is 0 Å². The molecule has 0 spiro atoms. The summed E-state index contributed by atoms with van der Waals surface area (Å²) >= 11 is 0.927. The smallest absolute Gasteiger partial charge is 0.303 e.